The maximum Gasteiger partial charge on any atom is 0.222 e. The molecule has 23 heavy (non-hydrogen) atoms. The zero-order valence-electron chi connectivity index (χ0n) is 13.1. The van der Waals surface area contributed by atoms with Gasteiger partial charge in [0.15, 0.2) is 0 Å². The van der Waals surface area contributed by atoms with E-state index in [9.17, 15) is 0 Å². The molecule has 2 aromatic heterocycles. The third kappa shape index (κ3) is 2.75. The number of hydrogen-bond donors (Lipinski definition) is 1. The van der Waals surface area contributed by atoms with Crippen molar-refractivity contribution in [3.8, 4) is 11.3 Å². The normalized spacial score (nSPS) is 16.1. The first-order chi connectivity index (χ1) is 11.2. The van der Waals surface area contributed by atoms with Gasteiger partial charge in [0.05, 0.1) is 5.69 Å². The van der Waals surface area contributed by atoms with Gasteiger partial charge in [0, 0.05) is 53.3 Å². The third-order valence-corrected chi connectivity index (χ3v) is 5.28. The molecule has 0 bridgehead atoms. The van der Waals surface area contributed by atoms with E-state index in [2.05, 4.69) is 62.5 Å². The summed E-state index contributed by atoms with van der Waals surface area (Å²) in [5.41, 5.74) is 8.03. The van der Waals surface area contributed by atoms with Gasteiger partial charge in [-0.15, -0.1) is 11.3 Å². The molecule has 0 spiro atoms. The average molecular weight is 325 g/mol. The Hall–Kier alpha value is -2.18. The van der Waals surface area contributed by atoms with Crippen molar-refractivity contribution in [2.45, 2.75) is 0 Å². The largest absolute Gasteiger partial charge is 0.368 e. The van der Waals surface area contributed by atoms with Gasteiger partial charge in [0.2, 0.25) is 5.95 Å². The molecule has 6 heteroatoms. The van der Waals surface area contributed by atoms with Gasteiger partial charge in [0.1, 0.15) is 5.82 Å². The van der Waals surface area contributed by atoms with Crippen molar-refractivity contribution >= 4 is 33.2 Å². The van der Waals surface area contributed by atoms with E-state index in [1.165, 1.54) is 10.1 Å². The number of piperazine rings is 1. The van der Waals surface area contributed by atoms with E-state index < -0.39 is 0 Å². The van der Waals surface area contributed by atoms with Crippen molar-refractivity contribution in [2.75, 3.05) is 43.9 Å². The number of rotatable bonds is 2. The molecule has 5 nitrogen and oxygen atoms in total. The summed E-state index contributed by atoms with van der Waals surface area (Å²) in [7, 11) is 2.15. The molecule has 0 radical (unpaired) electrons. The molecule has 1 aliphatic rings. The van der Waals surface area contributed by atoms with Crippen molar-refractivity contribution in [1.82, 2.24) is 14.9 Å². The number of anilines is 2. The van der Waals surface area contributed by atoms with Crippen molar-refractivity contribution in [1.29, 1.82) is 0 Å². The molecule has 1 aliphatic heterocycles. The van der Waals surface area contributed by atoms with Gasteiger partial charge in [-0.2, -0.15) is 4.98 Å². The number of likely N-dealkylation sites (N-methyl/N-ethyl adjacent to an activating group) is 1. The molecule has 0 aliphatic carbocycles. The Kier molecular flexibility index (Phi) is 3.63. The van der Waals surface area contributed by atoms with E-state index >= 15 is 0 Å². The smallest absolute Gasteiger partial charge is 0.222 e. The summed E-state index contributed by atoms with van der Waals surface area (Å²) in [6.07, 6.45) is 0. The highest BCUT2D eigenvalue weighted by atomic mass is 32.1. The van der Waals surface area contributed by atoms with Crippen molar-refractivity contribution < 1.29 is 0 Å². The van der Waals surface area contributed by atoms with Crippen molar-refractivity contribution in [3.05, 3.63) is 35.7 Å². The molecule has 0 saturated carbocycles. The number of benzene rings is 1. The second-order valence-corrected chi connectivity index (χ2v) is 6.82. The van der Waals surface area contributed by atoms with Crippen molar-refractivity contribution in [3.63, 3.8) is 0 Å². The molecular weight excluding hydrogens is 306 g/mol. The van der Waals surface area contributed by atoms with Crippen LogP contribution < -0.4 is 10.6 Å². The Bertz CT molecular complexity index is 836. The highest BCUT2D eigenvalue weighted by Crippen LogP contribution is 2.34. The summed E-state index contributed by atoms with van der Waals surface area (Å²) >= 11 is 1.73. The average Bonchev–Trinajstić information content (AvgIpc) is 2.99. The Morgan fingerprint density at radius 3 is 2.70 bits per heavy atom. The second-order valence-electron chi connectivity index (χ2n) is 5.91. The van der Waals surface area contributed by atoms with E-state index in [1.807, 2.05) is 0 Å². The first kappa shape index (κ1) is 14.4. The van der Waals surface area contributed by atoms with E-state index in [-0.39, 0.29) is 0 Å². The summed E-state index contributed by atoms with van der Waals surface area (Å²) < 4.78 is 1.26. The fourth-order valence-electron chi connectivity index (χ4n) is 2.96. The van der Waals surface area contributed by atoms with Crippen LogP contribution in [0.1, 0.15) is 0 Å². The zero-order chi connectivity index (χ0) is 15.8. The lowest BCUT2D eigenvalue weighted by Gasteiger charge is -2.33. The molecule has 3 heterocycles. The van der Waals surface area contributed by atoms with Gasteiger partial charge in [-0.3, -0.25) is 0 Å². The van der Waals surface area contributed by atoms with Crippen LogP contribution in [0.3, 0.4) is 0 Å². The zero-order valence-corrected chi connectivity index (χ0v) is 13.9. The van der Waals surface area contributed by atoms with Crippen LogP contribution >= 0.6 is 11.3 Å². The van der Waals surface area contributed by atoms with Crippen LogP contribution in [-0.4, -0.2) is 48.1 Å². The Labute approximate surface area is 139 Å². The Morgan fingerprint density at radius 2 is 1.87 bits per heavy atom. The molecule has 3 aromatic rings. The summed E-state index contributed by atoms with van der Waals surface area (Å²) in [4.78, 5) is 13.5. The van der Waals surface area contributed by atoms with Crippen LogP contribution in [0.25, 0.3) is 21.3 Å². The van der Waals surface area contributed by atoms with E-state index in [4.69, 9.17) is 5.73 Å². The predicted octanol–water partition coefficient (Wildman–Crippen LogP) is 2.69. The number of nitrogens with two attached hydrogens (primary N) is 1. The first-order valence-electron chi connectivity index (χ1n) is 7.75. The monoisotopic (exact) mass is 325 g/mol. The second kappa shape index (κ2) is 5.79. The fraction of sp³-hybridized carbons (Fsp3) is 0.294. The lowest BCUT2D eigenvalue weighted by molar-refractivity contribution is 0.312. The van der Waals surface area contributed by atoms with Gasteiger partial charge in [0.25, 0.3) is 0 Å². The molecule has 4 rings (SSSR count). The van der Waals surface area contributed by atoms with Crippen LogP contribution in [0.5, 0.6) is 0 Å². The molecule has 1 aromatic carbocycles. The summed E-state index contributed by atoms with van der Waals surface area (Å²) in [5, 5.41) is 3.38. The highest BCUT2D eigenvalue weighted by molar-refractivity contribution is 7.17. The standard InChI is InChI=1S/C17H19N5S/c1-21-6-8-22(9-7-21)16-10-14(19-17(18)20-16)13-11-23-15-5-3-2-4-12(13)15/h2-5,10-11H,6-9H2,1H3,(H2,18,19,20). The van der Waals surface area contributed by atoms with Crippen LogP contribution in [0.2, 0.25) is 0 Å². The lowest BCUT2D eigenvalue weighted by atomic mass is 10.1. The molecule has 0 unspecified atom stereocenters. The fourth-order valence-corrected chi connectivity index (χ4v) is 3.92. The third-order valence-electron chi connectivity index (χ3n) is 4.31. The Morgan fingerprint density at radius 1 is 1.09 bits per heavy atom. The highest BCUT2D eigenvalue weighted by Gasteiger charge is 2.18. The molecule has 1 fully saturated rings. The van der Waals surface area contributed by atoms with Gasteiger partial charge in [-0.25, -0.2) is 4.98 Å². The van der Waals surface area contributed by atoms with Gasteiger partial charge in [-0.1, -0.05) is 18.2 Å². The van der Waals surface area contributed by atoms with E-state index in [1.54, 1.807) is 11.3 Å². The maximum atomic E-state index is 5.99. The van der Waals surface area contributed by atoms with Gasteiger partial charge < -0.3 is 15.5 Å². The minimum atomic E-state index is 0.340. The summed E-state index contributed by atoms with van der Waals surface area (Å²) in [6, 6.07) is 10.5. The molecule has 2 N–H and O–H groups in total. The van der Waals surface area contributed by atoms with Crippen LogP contribution in [0, 0.1) is 0 Å². The predicted molar refractivity (Wildman–Crippen MR) is 97.0 cm³/mol. The molecular formula is C17H19N5S. The molecule has 0 atom stereocenters. The molecule has 0 amide bonds. The van der Waals surface area contributed by atoms with Gasteiger partial charge in [-0.05, 0) is 13.1 Å². The first-order valence-corrected chi connectivity index (χ1v) is 8.63. The molecule has 118 valence electrons. The quantitative estimate of drug-likeness (QED) is 0.785. The number of hydrogen-bond acceptors (Lipinski definition) is 6. The minimum absolute atomic E-state index is 0.340. The number of nitrogens with zero attached hydrogens (tertiary/aromatic N) is 4. The summed E-state index contributed by atoms with van der Waals surface area (Å²) in [6.45, 7) is 4.02. The number of aromatic nitrogens is 2. The maximum absolute atomic E-state index is 5.99. The number of fused-ring (bicyclic) bond motifs is 1. The van der Waals surface area contributed by atoms with E-state index in [0.717, 1.165) is 43.3 Å². The Balaban J connectivity index is 1.75. The van der Waals surface area contributed by atoms with Crippen molar-refractivity contribution in [2.24, 2.45) is 0 Å². The van der Waals surface area contributed by atoms with E-state index in [0.29, 0.717) is 5.95 Å². The van der Waals surface area contributed by atoms with Crippen LogP contribution in [0.4, 0.5) is 11.8 Å². The minimum Gasteiger partial charge on any atom is -0.368 e. The summed E-state index contributed by atoms with van der Waals surface area (Å²) in [5.74, 6) is 1.27. The number of thiophene rings is 1. The van der Waals surface area contributed by atoms with Crippen LogP contribution in [-0.2, 0) is 0 Å². The number of nitrogen functional groups attached to an aromatic ring is 1. The molecule has 1 saturated heterocycles. The topological polar surface area (TPSA) is 58.3 Å². The van der Waals surface area contributed by atoms with Gasteiger partial charge >= 0.3 is 0 Å². The van der Waals surface area contributed by atoms with Crippen LogP contribution in [0.15, 0.2) is 35.7 Å². The SMILES string of the molecule is CN1CCN(c2cc(-c3csc4ccccc34)nc(N)n2)CC1. The lowest BCUT2D eigenvalue weighted by Crippen LogP contribution is -2.44.